The minimum atomic E-state index is -0.780. The molecular formula is C61H38N6S. The second-order valence-electron chi connectivity index (χ2n) is 17.0. The fourth-order valence-electron chi connectivity index (χ4n) is 10.0. The average molecular weight is 887 g/mol. The van der Waals surface area contributed by atoms with Gasteiger partial charge in [0.2, 0.25) is 0 Å². The molecule has 6 nitrogen and oxygen atoms in total. The Morgan fingerprint density at radius 3 is 1.18 bits per heavy atom. The predicted molar refractivity (Wildman–Crippen MR) is 276 cm³/mol. The van der Waals surface area contributed by atoms with E-state index in [1.807, 2.05) is 84.1 Å². The number of hydrogen-bond donors (Lipinski definition) is 0. The fourth-order valence-corrected chi connectivity index (χ4v) is 11.3. The summed E-state index contributed by atoms with van der Waals surface area (Å²) in [6.45, 7) is 0. The molecule has 13 rings (SSSR count). The molecule has 3 aromatic heterocycles. The van der Waals surface area contributed by atoms with Crippen LogP contribution in [-0.4, -0.2) is 29.9 Å². The van der Waals surface area contributed by atoms with E-state index in [4.69, 9.17) is 29.9 Å². The lowest BCUT2D eigenvalue weighted by molar-refractivity contribution is 0.769. The maximum absolute atomic E-state index is 5.38. The highest BCUT2D eigenvalue weighted by Crippen LogP contribution is 2.61. The first kappa shape index (κ1) is 39.6. The normalized spacial score (nSPS) is 12.5. The third-order valence-electron chi connectivity index (χ3n) is 13.1. The molecule has 3 heterocycles. The molecule has 0 saturated heterocycles. The van der Waals surface area contributed by atoms with Crippen molar-refractivity contribution in [1.29, 1.82) is 0 Å². The zero-order valence-corrected chi connectivity index (χ0v) is 37.3. The summed E-state index contributed by atoms with van der Waals surface area (Å²) >= 11 is 1.83. The van der Waals surface area contributed by atoms with Gasteiger partial charge in [-0.2, -0.15) is 0 Å². The molecule has 0 bridgehead atoms. The summed E-state index contributed by atoms with van der Waals surface area (Å²) in [5, 5.41) is 2.29. The minimum Gasteiger partial charge on any atom is -0.208 e. The smallest absolute Gasteiger partial charge is 0.164 e. The van der Waals surface area contributed by atoms with Crippen molar-refractivity contribution in [3.63, 3.8) is 0 Å². The van der Waals surface area contributed by atoms with Gasteiger partial charge in [0.05, 0.1) is 5.41 Å². The largest absolute Gasteiger partial charge is 0.208 e. The summed E-state index contributed by atoms with van der Waals surface area (Å²) in [6.07, 6.45) is 0. The molecule has 7 heteroatoms. The van der Waals surface area contributed by atoms with E-state index in [2.05, 4.69) is 158 Å². The van der Waals surface area contributed by atoms with Crippen molar-refractivity contribution >= 4 is 31.5 Å². The lowest BCUT2D eigenvalue weighted by Gasteiger charge is -2.34. The van der Waals surface area contributed by atoms with E-state index in [1.54, 1.807) is 0 Å². The predicted octanol–water partition coefficient (Wildman–Crippen LogP) is 14.8. The van der Waals surface area contributed by atoms with Gasteiger partial charge in [-0.15, -0.1) is 11.3 Å². The van der Waals surface area contributed by atoms with Gasteiger partial charge in [-0.05, 0) is 46.0 Å². The number of rotatable bonds is 8. The second-order valence-corrected chi connectivity index (χ2v) is 18.0. The summed E-state index contributed by atoms with van der Waals surface area (Å²) < 4.78 is 2.38. The van der Waals surface area contributed by atoms with Crippen LogP contribution in [0.15, 0.2) is 231 Å². The molecule has 9 aromatic carbocycles. The Morgan fingerprint density at radius 2 is 0.706 bits per heavy atom. The highest BCUT2D eigenvalue weighted by Gasteiger charge is 2.48. The van der Waals surface area contributed by atoms with Gasteiger partial charge in [-0.3, -0.25) is 0 Å². The molecule has 318 valence electrons. The van der Waals surface area contributed by atoms with Gasteiger partial charge in [0, 0.05) is 59.1 Å². The van der Waals surface area contributed by atoms with Crippen molar-refractivity contribution in [3.8, 4) is 79.5 Å². The Hall–Kier alpha value is -8.78. The first-order chi connectivity index (χ1) is 33.7. The molecule has 0 radical (unpaired) electrons. The Bertz CT molecular complexity index is 3670. The molecule has 0 aliphatic heterocycles. The number of hydrogen-bond acceptors (Lipinski definition) is 7. The molecule has 0 unspecified atom stereocenters. The van der Waals surface area contributed by atoms with E-state index in [0.29, 0.717) is 34.9 Å². The number of thiophene rings is 1. The molecule has 0 atom stereocenters. The first-order valence-electron chi connectivity index (χ1n) is 22.7. The first-order valence-corrected chi connectivity index (χ1v) is 23.5. The van der Waals surface area contributed by atoms with Crippen molar-refractivity contribution in [1.82, 2.24) is 29.9 Å². The maximum atomic E-state index is 5.38. The summed E-state index contributed by atoms with van der Waals surface area (Å²) in [5.41, 5.74) is 11.7. The molecule has 0 N–H and O–H groups in total. The van der Waals surface area contributed by atoms with Gasteiger partial charge in [0.15, 0.2) is 34.9 Å². The standard InChI is InChI=1S/C61H38N6S/c1-7-21-39(22-8-1)55-62-56(40-23-9-2-10-24-40)65-59(64-55)43-35-36-46-49(37-43)61(44-29-15-5-16-30-44,45-31-17-6-18-32-45)50-38-48(52-47-33-19-20-34-51(47)68-54(52)53(46)50)60-66-57(41-25-11-3-12-26-41)63-58(67-60)42-27-13-4-14-28-42/h1-38H. The number of nitrogens with zero attached hydrogens (tertiary/aromatic N) is 6. The number of fused-ring (bicyclic) bond motifs is 7. The summed E-state index contributed by atoms with van der Waals surface area (Å²) in [5.74, 6) is 3.70. The lowest BCUT2D eigenvalue weighted by atomic mass is 9.67. The molecule has 0 spiro atoms. The van der Waals surface area contributed by atoms with Crippen molar-refractivity contribution < 1.29 is 0 Å². The zero-order chi connectivity index (χ0) is 45.0. The molecule has 68 heavy (non-hydrogen) atoms. The Labute approximate surface area is 397 Å². The molecular weight excluding hydrogens is 849 g/mol. The molecule has 1 aliphatic carbocycles. The van der Waals surface area contributed by atoms with Crippen molar-refractivity contribution in [3.05, 3.63) is 253 Å². The quantitative estimate of drug-likeness (QED) is 0.151. The molecule has 12 aromatic rings. The van der Waals surface area contributed by atoms with Crippen molar-refractivity contribution in [2.75, 3.05) is 0 Å². The minimum absolute atomic E-state index is 0.603. The van der Waals surface area contributed by atoms with Crippen LogP contribution in [-0.2, 0) is 5.41 Å². The summed E-state index contributed by atoms with van der Waals surface area (Å²) in [7, 11) is 0. The highest BCUT2D eigenvalue weighted by molar-refractivity contribution is 7.26. The van der Waals surface area contributed by atoms with E-state index < -0.39 is 5.41 Å². The van der Waals surface area contributed by atoms with Gasteiger partial charge in [0.1, 0.15) is 0 Å². The second kappa shape index (κ2) is 16.3. The van der Waals surface area contributed by atoms with E-state index in [9.17, 15) is 0 Å². The van der Waals surface area contributed by atoms with Crippen LogP contribution in [0.3, 0.4) is 0 Å². The highest BCUT2D eigenvalue weighted by atomic mass is 32.1. The molecule has 0 amide bonds. The van der Waals surface area contributed by atoms with Crippen molar-refractivity contribution in [2.24, 2.45) is 0 Å². The third kappa shape index (κ3) is 6.47. The van der Waals surface area contributed by atoms with E-state index in [0.717, 1.165) is 72.0 Å². The molecule has 0 fully saturated rings. The van der Waals surface area contributed by atoms with Crippen LogP contribution in [0.5, 0.6) is 0 Å². The Kier molecular flexibility index (Phi) is 9.47. The third-order valence-corrected chi connectivity index (χ3v) is 14.2. The molecule has 1 aliphatic rings. The Balaban J connectivity index is 1.14. The average Bonchev–Trinajstić information content (AvgIpc) is 3.96. The lowest BCUT2D eigenvalue weighted by Crippen LogP contribution is -2.28. The van der Waals surface area contributed by atoms with Gasteiger partial charge in [0.25, 0.3) is 0 Å². The van der Waals surface area contributed by atoms with Crippen LogP contribution in [0.1, 0.15) is 22.3 Å². The fraction of sp³-hybridized carbons (Fsp3) is 0.0164. The monoisotopic (exact) mass is 886 g/mol. The van der Waals surface area contributed by atoms with Crippen LogP contribution in [0.4, 0.5) is 0 Å². The van der Waals surface area contributed by atoms with Crippen LogP contribution in [0, 0.1) is 0 Å². The maximum Gasteiger partial charge on any atom is 0.164 e. The van der Waals surface area contributed by atoms with E-state index >= 15 is 0 Å². The Morgan fingerprint density at radius 1 is 0.309 bits per heavy atom. The molecule has 0 saturated carbocycles. The van der Waals surface area contributed by atoms with Crippen LogP contribution >= 0.6 is 11.3 Å². The number of aromatic nitrogens is 6. The summed E-state index contributed by atoms with van der Waals surface area (Å²) in [6, 6.07) is 80.5. The topological polar surface area (TPSA) is 77.3 Å². The van der Waals surface area contributed by atoms with Crippen LogP contribution in [0.25, 0.3) is 99.6 Å². The van der Waals surface area contributed by atoms with Gasteiger partial charge in [-0.1, -0.05) is 212 Å². The van der Waals surface area contributed by atoms with Gasteiger partial charge in [-0.25, -0.2) is 29.9 Å². The zero-order valence-electron chi connectivity index (χ0n) is 36.5. The number of benzene rings is 9. The van der Waals surface area contributed by atoms with Gasteiger partial charge < -0.3 is 0 Å². The van der Waals surface area contributed by atoms with Crippen LogP contribution < -0.4 is 0 Å². The van der Waals surface area contributed by atoms with Crippen molar-refractivity contribution in [2.45, 2.75) is 5.41 Å². The van der Waals surface area contributed by atoms with E-state index in [-0.39, 0.29) is 0 Å². The van der Waals surface area contributed by atoms with Crippen LogP contribution in [0.2, 0.25) is 0 Å². The van der Waals surface area contributed by atoms with Gasteiger partial charge >= 0.3 is 0 Å². The van der Waals surface area contributed by atoms with E-state index in [1.165, 1.54) is 15.0 Å². The SMILES string of the molecule is c1ccc(-c2nc(-c3ccccc3)nc(-c3ccc4c(c3)C(c3ccccc3)(c3ccccc3)c3cc(-c5nc(-c6ccccc6)nc(-c6ccccc6)n5)c5c(sc6ccccc65)c3-4)n2)cc1. The summed E-state index contributed by atoms with van der Waals surface area (Å²) in [4.78, 5) is 31.4.